The number of halogens is 1. The number of benzene rings is 2. The van der Waals surface area contributed by atoms with E-state index in [1.165, 1.54) is 23.5 Å². The molecule has 2 fully saturated rings. The first-order valence-corrected chi connectivity index (χ1v) is 13.5. The van der Waals surface area contributed by atoms with Crippen molar-refractivity contribution in [1.82, 2.24) is 15.5 Å². The molecule has 0 unspecified atom stereocenters. The molecule has 198 valence electrons. The van der Waals surface area contributed by atoms with Gasteiger partial charge < -0.3 is 15.5 Å². The van der Waals surface area contributed by atoms with E-state index < -0.39 is 17.9 Å². The van der Waals surface area contributed by atoms with Gasteiger partial charge in [-0.05, 0) is 68.4 Å². The number of nitrogens with zero attached hydrogens (tertiary/aromatic N) is 2. The molecule has 0 radical (unpaired) electrons. The number of carbonyl (C=O) groups excluding carboxylic acids is 2. The number of likely N-dealkylation sites (tertiary alicyclic amines) is 1. The molecule has 2 aromatic carbocycles. The number of amides is 2. The summed E-state index contributed by atoms with van der Waals surface area (Å²) in [6, 6.07) is 12.3. The molecule has 4 rings (SSSR count). The molecule has 37 heavy (non-hydrogen) atoms. The van der Waals surface area contributed by atoms with Gasteiger partial charge >= 0.3 is 0 Å². The van der Waals surface area contributed by atoms with Crippen molar-refractivity contribution in [1.29, 1.82) is 0 Å². The topological polar surface area (TPSA) is 64.7 Å². The Morgan fingerprint density at radius 2 is 1.76 bits per heavy atom. The SMILES string of the molecule is C=C(NC)N1CCCC[C@@H]1C(=O)N(c1cccc(F)c1)[C@H](C(=O)NC1CCCCC1)c1ccccc1C. The fourth-order valence-corrected chi connectivity index (χ4v) is 5.66. The summed E-state index contributed by atoms with van der Waals surface area (Å²) in [7, 11) is 1.79. The highest BCUT2D eigenvalue weighted by Gasteiger charge is 2.40. The highest BCUT2D eigenvalue weighted by Crippen LogP contribution is 2.34. The Labute approximate surface area is 219 Å². The van der Waals surface area contributed by atoms with Crippen LogP contribution in [0.2, 0.25) is 0 Å². The van der Waals surface area contributed by atoms with Crippen LogP contribution in [0, 0.1) is 12.7 Å². The van der Waals surface area contributed by atoms with E-state index in [1.54, 1.807) is 19.2 Å². The first kappa shape index (κ1) is 26.7. The third kappa shape index (κ3) is 6.14. The lowest BCUT2D eigenvalue weighted by atomic mass is 9.93. The molecule has 2 aromatic rings. The number of anilines is 1. The van der Waals surface area contributed by atoms with E-state index in [-0.39, 0.29) is 17.9 Å². The van der Waals surface area contributed by atoms with Gasteiger partial charge in [0.05, 0.1) is 5.82 Å². The summed E-state index contributed by atoms with van der Waals surface area (Å²) in [5.74, 6) is -0.245. The highest BCUT2D eigenvalue weighted by molar-refractivity contribution is 6.04. The minimum Gasteiger partial charge on any atom is -0.375 e. The fourth-order valence-electron chi connectivity index (χ4n) is 5.66. The Balaban J connectivity index is 1.81. The van der Waals surface area contributed by atoms with Crippen LogP contribution in [0.25, 0.3) is 0 Å². The summed E-state index contributed by atoms with van der Waals surface area (Å²) in [5.41, 5.74) is 2.02. The molecular formula is C30H39FN4O2. The third-order valence-electron chi connectivity index (χ3n) is 7.69. The third-order valence-corrected chi connectivity index (χ3v) is 7.69. The Hall–Kier alpha value is -3.35. The van der Waals surface area contributed by atoms with Crippen LogP contribution in [0.1, 0.15) is 68.5 Å². The Morgan fingerprint density at radius 3 is 2.46 bits per heavy atom. The van der Waals surface area contributed by atoms with Crippen LogP contribution >= 0.6 is 0 Å². The van der Waals surface area contributed by atoms with E-state index in [2.05, 4.69) is 17.2 Å². The number of aryl methyl sites for hydroxylation is 1. The van der Waals surface area contributed by atoms with Crippen LogP contribution in [0.15, 0.2) is 60.9 Å². The van der Waals surface area contributed by atoms with Gasteiger partial charge in [-0.2, -0.15) is 0 Å². The van der Waals surface area contributed by atoms with Crippen molar-refractivity contribution in [2.75, 3.05) is 18.5 Å². The zero-order chi connectivity index (χ0) is 26.4. The molecule has 1 aliphatic heterocycles. The van der Waals surface area contributed by atoms with E-state index in [4.69, 9.17) is 0 Å². The van der Waals surface area contributed by atoms with Gasteiger partial charge in [-0.25, -0.2) is 4.39 Å². The molecule has 0 bridgehead atoms. The van der Waals surface area contributed by atoms with E-state index in [9.17, 15) is 14.0 Å². The second-order valence-electron chi connectivity index (χ2n) is 10.2. The predicted molar refractivity (Wildman–Crippen MR) is 145 cm³/mol. The molecule has 1 saturated carbocycles. The zero-order valence-electron chi connectivity index (χ0n) is 22.0. The first-order chi connectivity index (χ1) is 17.9. The van der Waals surface area contributed by atoms with Gasteiger partial charge in [-0.3, -0.25) is 14.5 Å². The molecule has 0 spiro atoms. The summed E-state index contributed by atoms with van der Waals surface area (Å²) >= 11 is 0. The molecule has 2 aliphatic rings. The van der Waals surface area contributed by atoms with Crippen molar-refractivity contribution in [3.63, 3.8) is 0 Å². The molecule has 2 atom stereocenters. The molecule has 1 saturated heterocycles. The van der Waals surface area contributed by atoms with E-state index in [0.29, 0.717) is 24.5 Å². The predicted octanol–water partition coefficient (Wildman–Crippen LogP) is 5.20. The highest BCUT2D eigenvalue weighted by atomic mass is 19.1. The quantitative estimate of drug-likeness (QED) is 0.516. The lowest BCUT2D eigenvalue weighted by molar-refractivity contribution is -0.130. The van der Waals surface area contributed by atoms with Crippen molar-refractivity contribution in [2.24, 2.45) is 0 Å². The molecule has 0 aromatic heterocycles. The number of rotatable bonds is 8. The fraction of sp³-hybridized carbons (Fsp3) is 0.467. The number of nitrogens with one attached hydrogen (secondary N) is 2. The van der Waals surface area contributed by atoms with Gasteiger partial charge in [-0.15, -0.1) is 0 Å². The van der Waals surface area contributed by atoms with Gasteiger partial charge in [0.1, 0.15) is 17.9 Å². The van der Waals surface area contributed by atoms with Gasteiger partial charge in [0, 0.05) is 25.3 Å². The summed E-state index contributed by atoms with van der Waals surface area (Å²) in [6.45, 7) is 6.75. The van der Waals surface area contributed by atoms with Crippen LogP contribution in [0.4, 0.5) is 10.1 Å². The maximum Gasteiger partial charge on any atom is 0.250 e. The van der Waals surface area contributed by atoms with E-state index >= 15 is 0 Å². The molecule has 6 nitrogen and oxygen atoms in total. The zero-order valence-corrected chi connectivity index (χ0v) is 22.0. The first-order valence-electron chi connectivity index (χ1n) is 13.5. The second-order valence-corrected chi connectivity index (χ2v) is 10.2. The largest absolute Gasteiger partial charge is 0.375 e. The summed E-state index contributed by atoms with van der Waals surface area (Å²) in [5, 5.41) is 6.32. The summed E-state index contributed by atoms with van der Waals surface area (Å²) < 4.78 is 14.5. The van der Waals surface area contributed by atoms with E-state index in [1.807, 2.05) is 36.1 Å². The Bertz CT molecular complexity index is 1110. The Kier molecular flexibility index (Phi) is 8.85. The molecule has 2 amide bonds. The lowest BCUT2D eigenvalue weighted by Crippen LogP contribution is -2.55. The molecule has 1 aliphatic carbocycles. The number of carbonyl (C=O) groups is 2. The number of hydrogen-bond acceptors (Lipinski definition) is 4. The van der Waals surface area contributed by atoms with Crippen LogP contribution in [0.3, 0.4) is 0 Å². The van der Waals surface area contributed by atoms with Crippen molar-refractivity contribution in [3.05, 3.63) is 77.9 Å². The van der Waals surface area contributed by atoms with Crippen molar-refractivity contribution < 1.29 is 14.0 Å². The maximum atomic E-state index is 14.5. The van der Waals surface area contributed by atoms with Crippen LogP contribution in [-0.4, -0.2) is 42.4 Å². The van der Waals surface area contributed by atoms with Crippen molar-refractivity contribution in [2.45, 2.75) is 76.4 Å². The minimum absolute atomic E-state index is 0.0764. The molecule has 1 heterocycles. The second kappa shape index (κ2) is 12.3. The van der Waals surface area contributed by atoms with E-state index in [0.717, 1.165) is 49.7 Å². The normalized spacial score (nSPS) is 19.1. The van der Waals surface area contributed by atoms with Crippen LogP contribution in [-0.2, 0) is 9.59 Å². The van der Waals surface area contributed by atoms with Gasteiger partial charge in [0.15, 0.2) is 0 Å². The average Bonchev–Trinajstić information content (AvgIpc) is 2.92. The number of piperidine rings is 1. The van der Waals surface area contributed by atoms with Crippen molar-refractivity contribution >= 4 is 17.5 Å². The molecular weight excluding hydrogens is 467 g/mol. The minimum atomic E-state index is -0.927. The van der Waals surface area contributed by atoms with Gasteiger partial charge in [0.25, 0.3) is 5.91 Å². The standard InChI is InChI=1S/C30H39FN4O2/c1-21-12-7-8-17-26(21)28(29(36)33-24-14-5-4-6-15-24)35(25-16-11-13-23(31)20-25)30(37)27-18-9-10-19-34(27)22(2)32-3/h7-8,11-13,16-17,20,24,27-28,32H,2,4-6,9-10,14-15,18-19H2,1,3H3,(H,33,36)/t27-,28+/m1/s1. The lowest BCUT2D eigenvalue weighted by Gasteiger charge is -2.42. The Morgan fingerprint density at radius 1 is 1.03 bits per heavy atom. The van der Waals surface area contributed by atoms with Gasteiger partial charge in [0.2, 0.25) is 5.91 Å². The maximum absolute atomic E-state index is 14.5. The monoisotopic (exact) mass is 506 g/mol. The van der Waals surface area contributed by atoms with Crippen LogP contribution in [0.5, 0.6) is 0 Å². The van der Waals surface area contributed by atoms with Crippen LogP contribution < -0.4 is 15.5 Å². The van der Waals surface area contributed by atoms with Crippen molar-refractivity contribution in [3.8, 4) is 0 Å². The summed E-state index contributed by atoms with van der Waals surface area (Å²) in [6.07, 6.45) is 7.67. The summed E-state index contributed by atoms with van der Waals surface area (Å²) in [4.78, 5) is 32.1. The molecule has 7 heteroatoms. The number of hydrogen-bond donors (Lipinski definition) is 2. The smallest absolute Gasteiger partial charge is 0.250 e. The average molecular weight is 507 g/mol. The molecule has 2 N–H and O–H groups in total. The van der Waals surface area contributed by atoms with Gasteiger partial charge in [-0.1, -0.05) is 56.2 Å².